The first-order valence-electron chi connectivity index (χ1n) is 10.6. The summed E-state index contributed by atoms with van der Waals surface area (Å²) in [5.74, 6) is -0.177. The highest BCUT2D eigenvalue weighted by Gasteiger charge is 2.22. The van der Waals surface area contributed by atoms with Crippen molar-refractivity contribution in [1.82, 2.24) is 9.88 Å². The maximum Gasteiger partial charge on any atom is 0.260 e. The quantitative estimate of drug-likeness (QED) is 0.523. The second-order valence-corrected chi connectivity index (χ2v) is 11.0. The lowest BCUT2D eigenvalue weighted by Crippen LogP contribution is -2.39. The molecular weight excluding hydrogens is 446 g/mol. The number of hydrogen-bond acceptors (Lipinski definition) is 7. The minimum Gasteiger partial charge on any atom is -0.379 e. The Kier molecular flexibility index (Phi) is 6.90. The van der Waals surface area contributed by atoms with E-state index < -0.39 is 9.84 Å². The average molecular weight is 474 g/mol. The number of ether oxygens (including phenoxy) is 1. The number of sulfone groups is 1. The number of carbonyl (C=O) groups is 1. The highest BCUT2D eigenvalue weighted by Crippen LogP contribution is 2.31. The zero-order chi connectivity index (χ0) is 22.7. The second kappa shape index (κ2) is 9.66. The van der Waals surface area contributed by atoms with Crippen LogP contribution in [0.15, 0.2) is 47.4 Å². The molecular formula is C23H27N3O4S2. The first-order chi connectivity index (χ1) is 15.3. The first kappa shape index (κ1) is 22.8. The lowest BCUT2D eigenvalue weighted by molar-refractivity contribution is 0.0376. The molecule has 3 aromatic rings. The molecule has 0 aliphatic carbocycles. The van der Waals surface area contributed by atoms with E-state index in [-0.39, 0.29) is 10.8 Å². The van der Waals surface area contributed by atoms with Crippen molar-refractivity contribution in [3.8, 4) is 0 Å². The Labute approximate surface area is 192 Å². The number of anilines is 1. The molecule has 2 heterocycles. The third-order valence-corrected chi connectivity index (χ3v) is 7.75. The summed E-state index contributed by atoms with van der Waals surface area (Å²) in [6.45, 7) is 6.72. The van der Waals surface area contributed by atoms with Gasteiger partial charge in [-0.25, -0.2) is 13.4 Å². The van der Waals surface area contributed by atoms with Crippen LogP contribution in [-0.4, -0.2) is 69.9 Å². The van der Waals surface area contributed by atoms with Crippen molar-refractivity contribution in [1.29, 1.82) is 0 Å². The number of carbonyl (C=O) groups excluding carboxylic acids is 1. The smallest absolute Gasteiger partial charge is 0.260 e. The molecule has 1 saturated heterocycles. The zero-order valence-corrected chi connectivity index (χ0v) is 19.9. The van der Waals surface area contributed by atoms with E-state index in [4.69, 9.17) is 9.72 Å². The summed E-state index contributed by atoms with van der Waals surface area (Å²) in [6.07, 6.45) is 1.97. The number of nitrogens with zero attached hydrogens (tertiary/aromatic N) is 3. The van der Waals surface area contributed by atoms with Gasteiger partial charge in [-0.3, -0.25) is 14.6 Å². The zero-order valence-electron chi connectivity index (χ0n) is 18.3. The number of morpholine rings is 1. The van der Waals surface area contributed by atoms with Gasteiger partial charge in [-0.1, -0.05) is 23.5 Å². The van der Waals surface area contributed by atoms with Crippen LogP contribution in [0.5, 0.6) is 0 Å². The first-order valence-corrected chi connectivity index (χ1v) is 13.3. The number of aromatic nitrogens is 1. The van der Waals surface area contributed by atoms with Crippen LogP contribution in [0.25, 0.3) is 10.2 Å². The lowest BCUT2D eigenvalue weighted by atomic mass is 10.2. The van der Waals surface area contributed by atoms with Crippen LogP contribution in [-0.2, 0) is 14.6 Å². The van der Waals surface area contributed by atoms with Gasteiger partial charge in [0.2, 0.25) is 0 Å². The molecule has 0 saturated carbocycles. The number of benzene rings is 2. The van der Waals surface area contributed by atoms with Crippen LogP contribution >= 0.6 is 11.3 Å². The van der Waals surface area contributed by atoms with Crippen molar-refractivity contribution in [3.63, 3.8) is 0 Å². The molecule has 1 aliphatic rings. The van der Waals surface area contributed by atoms with Gasteiger partial charge in [0.1, 0.15) is 0 Å². The van der Waals surface area contributed by atoms with Gasteiger partial charge in [-0.05, 0) is 49.2 Å². The molecule has 0 spiro atoms. The summed E-state index contributed by atoms with van der Waals surface area (Å²) in [5, 5.41) is 0.661. The molecule has 1 aromatic heterocycles. The Hall–Kier alpha value is -2.33. The van der Waals surface area contributed by atoms with Crippen LogP contribution in [0.2, 0.25) is 0 Å². The fourth-order valence-corrected chi connectivity index (χ4v) is 5.45. The average Bonchev–Trinajstić information content (AvgIpc) is 3.22. The topological polar surface area (TPSA) is 79.8 Å². The van der Waals surface area contributed by atoms with Crippen LogP contribution < -0.4 is 4.90 Å². The van der Waals surface area contributed by atoms with E-state index in [9.17, 15) is 13.2 Å². The Morgan fingerprint density at radius 3 is 2.53 bits per heavy atom. The molecule has 0 unspecified atom stereocenters. The number of amides is 1. The fourth-order valence-electron chi connectivity index (χ4n) is 3.75. The molecule has 4 rings (SSSR count). The monoisotopic (exact) mass is 473 g/mol. The van der Waals surface area contributed by atoms with E-state index in [0.29, 0.717) is 17.2 Å². The highest BCUT2D eigenvalue weighted by atomic mass is 32.2. The van der Waals surface area contributed by atoms with E-state index in [0.717, 1.165) is 61.3 Å². The molecule has 0 bridgehead atoms. The fraction of sp³-hybridized carbons (Fsp3) is 0.391. The van der Waals surface area contributed by atoms with E-state index in [2.05, 4.69) is 4.90 Å². The molecule has 2 aromatic carbocycles. The molecule has 32 heavy (non-hydrogen) atoms. The number of hydrogen-bond donors (Lipinski definition) is 0. The minimum atomic E-state index is -3.32. The van der Waals surface area contributed by atoms with Gasteiger partial charge in [0.15, 0.2) is 15.0 Å². The van der Waals surface area contributed by atoms with Crippen molar-refractivity contribution < 1.29 is 17.9 Å². The van der Waals surface area contributed by atoms with Crippen molar-refractivity contribution >= 4 is 42.4 Å². The third-order valence-electron chi connectivity index (χ3n) is 5.57. The molecule has 170 valence electrons. The molecule has 7 nitrogen and oxygen atoms in total. The minimum absolute atomic E-state index is 0.177. The van der Waals surface area contributed by atoms with E-state index in [1.54, 1.807) is 17.0 Å². The molecule has 9 heteroatoms. The standard InChI is InChI=1S/C23H27N3O4S2/c1-17-5-3-6-20-21(17)24-23(31-20)26(12-4-11-25-13-15-30-16-14-25)22(27)18-7-9-19(10-8-18)32(2,28)29/h3,5-10H,4,11-16H2,1-2H3. The van der Waals surface area contributed by atoms with Gasteiger partial charge < -0.3 is 4.74 Å². The Bertz CT molecular complexity index is 1200. The number of para-hydroxylation sites is 1. The van der Waals surface area contributed by atoms with Crippen molar-refractivity contribution in [2.45, 2.75) is 18.2 Å². The van der Waals surface area contributed by atoms with E-state index in [1.165, 1.54) is 23.5 Å². The summed E-state index contributed by atoms with van der Waals surface area (Å²) in [6, 6.07) is 12.1. The molecule has 0 atom stereocenters. The van der Waals surface area contributed by atoms with E-state index in [1.807, 2.05) is 25.1 Å². The SMILES string of the molecule is Cc1cccc2sc(N(CCCN3CCOCC3)C(=O)c3ccc(S(C)(=O)=O)cc3)nc12. The summed E-state index contributed by atoms with van der Waals surface area (Å²) in [5.41, 5.74) is 2.42. The summed E-state index contributed by atoms with van der Waals surface area (Å²) in [4.78, 5) is 22.5. The molecule has 1 fully saturated rings. The van der Waals surface area contributed by atoms with Gasteiger partial charge >= 0.3 is 0 Å². The third kappa shape index (κ3) is 5.17. The summed E-state index contributed by atoms with van der Waals surface area (Å²) >= 11 is 1.50. The molecule has 1 aliphatic heterocycles. The lowest BCUT2D eigenvalue weighted by Gasteiger charge is -2.27. The van der Waals surface area contributed by atoms with Gasteiger partial charge in [0.05, 0.1) is 28.3 Å². The van der Waals surface area contributed by atoms with E-state index >= 15 is 0 Å². The van der Waals surface area contributed by atoms with Crippen molar-refractivity contribution in [3.05, 3.63) is 53.6 Å². The maximum atomic E-state index is 13.5. The summed E-state index contributed by atoms with van der Waals surface area (Å²) in [7, 11) is -3.32. The van der Waals surface area contributed by atoms with Crippen molar-refractivity contribution in [2.75, 3.05) is 50.5 Å². The normalized spacial score (nSPS) is 15.2. The van der Waals surface area contributed by atoms with Crippen LogP contribution in [0, 0.1) is 6.92 Å². The number of thiazole rings is 1. The predicted molar refractivity (Wildman–Crippen MR) is 127 cm³/mol. The van der Waals surface area contributed by atoms with Crippen LogP contribution in [0.4, 0.5) is 5.13 Å². The Morgan fingerprint density at radius 2 is 1.88 bits per heavy atom. The number of rotatable bonds is 7. The molecule has 1 amide bonds. The Morgan fingerprint density at radius 1 is 1.16 bits per heavy atom. The van der Waals surface area contributed by atoms with Crippen molar-refractivity contribution in [2.24, 2.45) is 0 Å². The Balaban J connectivity index is 1.59. The number of aryl methyl sites for hydroxylation is 1. The predicted octanol–water partition coefficient (Wildman–Crippen LogP) is 3.38. The van der Waals surface area contributed by atoms with Gasteiger partial charge in [0, 0.05) is 38.0 Å². The van der Waals surface area contributed by atoms with Gasteiger partial charge in [-0.15, -0.1) is 0 Å². The molecule has 0 radical (unpaired) electrons. The molecule has 0 N–H and O–H groups in total. The second-order valence-electron chi connectivity index (χ2n) is 7.98. The maximum absolute atomic E-state index is 13.5. The largest absolute Gasteiger partial charge is 0.379 e. The van der Waals surface area contributed by atoms with Crippen LogP contribution in [0.3, 0.4) is 0 Å². The van der Waals surface area contributed by atoms with Gasteiger partial charge in [0.25, 0.3) is 5.91 Å². The van der Waals surface area contributed by atoms with Gasteiger partial charge in [-0.2, -0.15) is 0 Å². The number of fused-ring (bicyclic) bond motifs is 1. The summed E-state index contributed by atoms with van der Waals surface area (Å²) < 4.78 is 30.0. The highest BCUT2D eigenvalue weighted by molar-refractivity contribution is 7.90. The van der Waals surface area contributed by atoms with Crippen LogP contribution in [0.1, 0.15) is 22.3 Å².